The summed E-state index contributed by atoms with van der Waals surface area (Å²) in [5.74, 6) is 0.814. The monoisotopic (exact) mass is 155 g/mol. The maximum absolute atomic E-state index is 8.51. The summed E-state index contributed by atoms with van der Waals surface area (Å²) in [6.45, 7) is 2.36. The Labute approximate surface area is 68.3 Å². The van der Waals surface area contributed by atoms with E-state index in [9.17, 15) is 0 Å². The van der Waals surface area contributed by atoms with Gasteiger partial charge in [-0.3, -0.25) is 0 Å². The van der Waals surface area contributed by atoms with Crippen molar-refractivity contribution in [3.8, 4) is 0 Å². The maximum atomic E-state index is 8.51. The summed E-state index contributed by atoms with van der Waals surface area (Å²) in [6, 6.07) is 0. The normalized spacial score (nSPS) is 17.9. The van der Waals surface area contributed by atoms with Gasteiger partial charge in [-0.2, -0.15) is 0 Å². The van der Waals surface area contributed by atoms with Crippen LogP contribution in [0.4, 0.5) is 0 Å². The Morgan fingerprint density at radius 1 is 1.36 bits per heavy atom. The molecule has 0 radical (unpaired) electrons. The second kappa shape index (κ2) is 5.33. The van der Waals surface area contributed by atoms with E-state index < -0.39 is 0 Å². The smallest absolute Gasteiger partial charge is 0.0443 e. The molecule has 1 aliphatic rings. The summed E-state index contributed by atoms with van der Waals surface area (Å²) < 4.78 is 0. The van der Waals surface area contributed by atoms with Crippen LogP contribution in [0.25, 0.3) is 0 Å². The molecule has 0 aromatic carbocycles. The van der Waals surface area contributed by atoms with Crippen LogP contribution in [0.15, 0.2) is 12.2 Å². The van der Waals surface area contributed by atoms with Gasteiger partial charge in [0.25, 0.3) is 0 Å². The molecule has 2 nitrogen and oxygen atoms in total. The number of hydrogen-bond acceptors (Lipinski definition) is 2. The van der Waals surface area contributed by atoms with Crippen molar-refractivity contribution in [2.75, 3.05) is 19.7 Å². The standard InChI is InChI=1S/C9H17NO/c11-7-3-6-10-8-9-4-1-2-5-9/h1-2,9-11H,3-8H2. The SMILES string of the molecule is OCCCNCC1CC=CC1. The van der Waals surface area contributed by atoms with Crippen molar-refractivity contribution in [2.24, 2.45) is 5.92 Å². The van der Waals surface area contributed by atoms with Crippen LogP contribution in [0.1, 0.15) is 19.3 Å². The predicted octanol–water partition coefficient (Wildman–Crippen LogP) is 0.925. The van der Waals surface area contributed by atoms with E-state index >= 15 is 0 Å². The van der Waals surface area contributed by atoms with E-state index in [0.29, 0.717) is 6.61 Å². The highest BCUT2D eigenvalue weighted by molar-refractivity contribution is 4.94. The highest BCUT2D eigenvalue weighted by Gasteiger charge is 2.08. The fourth-order valence-corrected chi connectivity index (χ4v) is 1.35. The van der Waals surface area contributed by atoms with E-state index in [4.69, 9.17) is 5.11 Å². The highest BCUT2D eigenvalue weighted by atomic mass is 16.3. The van der Waals surface area contributed by atoms with Crippen LogP contribution in [0.5, 0.6) is 0 Å². The zero-order chi connectivity index (χ0) is 7.94. The Balaban J connectivity index is 1.87. The molecule has 2 N–H and O–H groups in total. The Kier molecular flexibility index (Phi) is 4.24. The minimum Gasteiger partial charge on any atom is -0.396 e. The van der Waals surface area contributed by atoms with Gasteiger partial charge in [-0.05, 0) is 38.3 Å². The van der Waals surface area contributed by atoms with Crippen LogP contribution >= 0.6 is 0 Å². The Bertz CT molecular complexity index is 115. The quantitative estimate of drug-likeness (QED) is 0.457. The number of aliphatic hydroxyl groups is 1. The molecule has 0 bridgehead atoms. The van der Waals surface area contributed by atoms with E-state index in [1.807, 2.05) is 0 Å². The topological polar surface area (TPSA) is 32.3 Å². The zero-order valence-electron chi connectivity index (χ0n) is 6.92. The average molecular weight is 155 g/mol. The third-order valence-electron chi connectivity index (χ3n) is 2.05. The lowest BCUT2D eigenvalue weighted by molar-refractivity contribution is 0.284. The highest BCUT2D eigenvalue weighted by Crippen LogP contribution is 2.15. The second-order valence-electron chi connectivity index (χ2n) is 3.09. The van der Waals surface area contributed by atoms with Crippen molar-refractivity contribution < 1.29 is 5.11 Å². The van der Waals surface area contributed by atoms with Gasteiger partial charge < -0.3 is 10.4 Å². The largest absolute Gasteiger partial charge is 0.396 e. The van der Waals surface area contributed by atoms with Gasteiger partial charge in [-0.15, -0.1) is 0 Å². The van der Waals surface area contributed by atoms with Crippen molar-refractivity contribution in [1.82, 2.24) is 5.32 Å². The first kappa shape index (κ1) is 8.75. The Morgan fingerprint density at radius 3 is 2.73 bits per heavy atom. The molecule has 0 atom stereocenters. The summed E-state index contributed by atoms with van der Waals surface area (Å²) >= 11 is 0. The number of nitrogens with one attached hydrogen (secondary N) is 1. The molecule has 0 saturated carbocycles. The minimum absolute atomic E-state index is 0.302. The van der Waals surface area contributed by atoms with Gasteiger partial charge in [0.1, 0.15) is 0 Å². The van der Waals surface area contributed by atoms with E-state index in [1.165, 1.54) is 12.8 Å². The molecule has 2 heteroatoms. The summed E-state index contributed by atoms with van der Waals surface area (Å²) in [5.41, 5.74) is 0. The minimum atomic E-state index is 0.302. The third-order valence-corrected chi connectivity index (χ3v) is 2.05. The summed E-state index contributed by atoms with van der Waals surface area (Å²) in [7, 11) is 0. The van der Waals surface area contributed by atoms with E-state index in [0.717, 1.165) is 25.4 Å². The molecule has 11 heavy (non-hydrogen) atoms. The molecular weight excluding hydrogens is 138 g/mol. The van der Waals surface area contributed by atoms with E-state index in [-0.39, 0.29) is 0 Å². The van der Waals surface area contributed by atoms with Crippen LogP contribution in [-0.2, 0) is 0 Å². The van der Waals surface area contributed by atoms with Crippen molar-refractivity contribution >= 4 is 0 Å². The molecule has 64 valence electrons. The van der Waals surface area contributed by atoms with Crippen LogP contribution < -0.4 is 5.32 Å². The molecule has 0 unspecified atom stereocenters. The predicted molar refractivity (Wildman–Crippen MR) is 46.4 cm³/mol. The molecular formula is C9H17NO. The van der Waals surface area contributed by atoms with Crippen LogP contribution in [0.3, 0.4) is 0 Å². The second-order valence-corrected chi connectivity index (χ2v) is 3.09. The van der Waals surface area contributed by atoms with Crippen LogP contribution in [0.2, 0.25) is 0 Å². The molecule has 0 heterocycles. The first-order valence-electron chi connectivity index (χ1n) is 4.40. The molecule has 0 aromatic heterocycles. The lowest BCUT2D eigenvalue weighted by atomic mass is 10.1. The lowest BCUT2D eigenvalue weighted by Crippen LogP contribution is -2.22. The van der Waals surface area contributed by atoms with Gasteiger partial charge in [0.2, 0.25) is 0 Å². The summed E-state index contributed by atoms with van der Waals surface area (Å²) in [5, 5.41) is 11.8. The van der Waals surface area contributed by atoms with Gasteiger partial charge in [0.05, 0.1) is 0 Å². The number of allylic oxidation sites excluding steroid dienone is 2. The Hall–Kier alpha value is -0.340. The van der Waals surface area contributed by atoms with Gasteiger partial charge >= 0.3 is 0 Å². The maximum Gasteiger partial charge on any atom is 0.0443 e. The molecule has 0 aliphatic heterocycles. The zero-order valence-corrected chi connectivity index (χ0v) is 6.92. The molecule has 0 aromatic rings. The number of hydrogen-bond donors (Lipinski definition) is 2. The van der Waals surface area contributed by atoms with Gasteiger partial charge in [-0.1, -0.05) is 12.2 Å². The van der Waals surface area contributed by atoms with Crippen molar-refractivity contribution in [3.63, 3.8) is 0 Å². The first-order chi connectivity index (χ1) is 5.43. The molecule has 0 saturated heterocycles. The molecule has 0 spiro atoms. The number of rotatable bonds is 5. The van der Waals surface area contributed by atoms with Crippen LogP contribution in [-0.4, -0.2) is 24.8 Å². The van der Waals surface area contributed by atoms with Crippen molar-refractivity contribution in [1.29, 1.82) is 0 Å². The van der Waals surface area contributed by atoms with Crippen LogP contribution in [0, 0.1) is 5.92 Å². The van der Waals surface area contributed by atoms with Gasteiger partial charge in [0, 0.05) is 6.61 Å². The molecule has 1 rings (SSSR count). The first-order valence-corrected chi connectivity index (χ1v) is 4.40. The van der Waals surface area contributed by atoms with Gasteiger partial charge in [-0.25, -0.2) is 0 Å². The fourth-order valence-electron chi connectivity index (χ4n) is 1.35. The summed E-state index contributed by atoms with van der Waals surface area (Å²) in [6.07, 6.45) is 7.83. The average Bonchev–Trinajstić information content (AvgIpc) is 2.50. The van der Waals surface area contributed by atoms with Gasteiger partial charge in [0.15, 0.2) is 0 Å². The van der Waals surface area contributed by atoms with Crippen molar-refractivity contribution in [2.45, 2.75) is 19.3 Å². The summed E-state index contributed by atoms with van der Waals surface area (Å²) in [4.78, 5) is 0. The molecule has 0 amide bonds. The van der Waals surface area contributed by atoms with Crippen molar-refractivity contribution in [3.05, 3.63) is 12.2 Å². The lowest BCUT2D eigenvalue weighted by Gasteiger charge is -2.09. The fraction of sp³-hybridized carbons (Fsp3) is 0.778. The molecule has 1 aliphatic carbocycles. The van der Waals surface area contributed by atoms with E-state index in [2.05, 4.69) is 17.5 Å². The number of aliphatic hydroxyl groups excluding tert-OH is 1. The third kappa shape index (κ3) is 3.54. The Morgan fingerprint density at radius 2 is 2.09 bits per heavy atom. The molecule has 0 fully saturated rings. The van der Waals surface area contributed by atoms with E-state index in [1.54, 1.807) is 0 Å².